The van der Waals surface area contributed by atoms with Gasteiger partial charge in [0.1, 0.15) is 0 Å². The zero-order chi connectivity index (χ0) is 23.8. The molecule has 0 aliphatic carbocycles. The number of aliphatic imine (C=N–C) groups is 1. The molecule has 0 bridgehead atoms. The van der Waals surface area contributed by atoms with E-state index in [1.165, 1.54) is 21.9 Å². The highest BCUT2D eigenvalue weighted by atomic mass is 15.0. The Balaban J connectivity index is 1.99. The van der Waals surface area contributed by atoms with Crippen LogP contribution in [0.5, 0.6) is 0 Å². The van der Waals surface area contributed by atoms with E-state index < -0.39 is 0 Å². The zero-order valence-corrected chi connectivity index (χ0v) is 21.0. The molecule has 0 saturated carbocycles. The van der Waals surface area contributed by atoms with E-state index in [1.807, 2.05) is 0 Å². The highest BCUT2D eigenvalue weighted by molar-refractivity contribution is 6.14. The molecule has 0 amide bonds. The third kappa shape index (κ3) is 4.66. The predicted molar refractivity (Wildman–Crippen MR) is 146 cm³/mol. The molecule has 33 heavy (non-hydrogen) atoms. The van der Waals surface area contributed by atoms with Gasteiger partial charge in [-0.25, -0.2) is 0 Å². The van der Waals surface area contributed by atoms with Crippen molar-refractivity contribution in [1.29, 1.82) is 0 Å². The highest BCUT2D eigenvalue weighted by Crippen LogP contribution is 2.42. The second-order valence-electron chi connectivity index (χ2n) is 10.6. The van der Waals surface area contributed by atoms with Crippen LogP contribution < -0.4 is 0 Å². The van der Waals surface area contributed by atoms with Gasteiger partial charge < -0.3 is 10.3 Å². The molecule has 4 aromatic rings. The molecule has 4 rings (SSSR count). The van der Waals surface area contributed by atoms with Crippen molar-refractivity contribution < 1.29 is 0 Å². The van der Waals surface area contributed by atoms with E-state index in [0.717, 1.165) is 28.0 Å². The SMILES string of the molecule is CC(C)c1cccc(C(C)C)c1[N-]C(=Nc1c2ccccc2cc2ccccc12)C(C)(C)C. The number of para-hydroxylation sites is 1. The molecule has 0 fully saturated rings. The van der Waals surface area contributed by atoms with E-state index >= 15 is 0 Å². The van der Waals surface area contributed by atoms with Crippen LogP contribution in [0.1, 0.15) is 71.4 Å². The topological polar surface area (TPSA) is 26.5 Å². The molecular formula is C31H35N2-. The number of fused-ring (bicyclic) bond motifs is 2. The van der Waals surface area contributed by atoms with Crippen molar-refractivity contribution in [1.82, 2.24) is 0 Å². The van der Waals surface area contributed by atoms with Gasteiger partial charge in [0.25, 0.3) is 0 Å². The summed E-state index contributed by atoms with van der Waals surface area (Å²) in [6.45, 7) is 15.6. The monoisotopic (exact) mass is 435 g/mol. The standard InChI is InChI=1S/C31H35N2/c1-20(2)24-17-12-18-25(21(3)4)28(24)32-30(31(5,6)7)33-29-26-15-10-8-13-22(26)19-23-14-9-11-16-27(23)29/h8-21H,1-7H3/q-1. The van der Waals surface area contributed by atoms with Crippen LogP contribution in [0.15, 0.2) is 77.8 Å². The molecule has 0 aliphatic rings. The van der Waals surface area contributed by atoms with Crippen molar-refractivity contribution >= 4 is 38.8 Å². The zero-order valence-electron chi connectivity index (χ0n) is 21.0. The molecule has 0 heterocycles. The van der Waals surface area contributed by atoms with E-state index in [4.69, 9.17) is 10.3 Å². The molecule has 170 valence electrons. The average molecular weight is 436 g/mol. The van der Waals surface area contributed by atoms with E-state index in [9.17, 15) is 0 Å². The van der Waals surface area contributed by atoms with Crippen LogP contribution in [0.25, 0.3) is 26.9 Å². The number of benzene rings is 4. The molecule has 0 unspecified atom stereocenters. The first-order valence-corrected chi connectivity index (χ1v) is 12.0. The molecule has 0 saturated heterocycles. The van der Waals surface area contributed by atoms with Gasteiger partial charge in [0.15, 0.2) is 0 Å². The Morgan fingerprint density at radius 3 is 1.64 bits per heavy atom. The van der Waals surface area contributed by atoms with Gasteiger partial charge in [0.2, 0.25) is 0 Å². The van der Waals surface area contributed by atoms with Gasteiger partial charge in [-0.15, -0.1) is 0 Å². The Morgan fingerprint density at radius 2 is 1.18 bits per heavy atom. The number of hydrogen-bond donors (Lipinski definition) is 0. The van der Waals surface area contributed by atoms with E-state index in [1.54, 1.807) is 0 Å². The number of hydrogen-bond acceptors (Lipinski definition) is 1. The fourth-order valence-electron chi connectivity index (χ4n) is 4.32. The Bertz CT molecular complexity index is 1240. The van der Waals surface area contributed by atoms with E-state index in [0.29, 0.717) is 11.8 Å². The first-order chi connectivity index (χ1) is 15.7. The van der Waals surface area contributed by atoms with Crippen molar-refractivity contribution in [3.05, 3.63) is 89.2 Å². The number of rotatable bonds is 4. The summed E-state index contributed by atoms with van der Waals surface area (Å²) in [7, 11) is 0. The molecule has 4 aromatic carbocycles. The summed E-state index contributed by atoms with van der Waals surface area (Å²) in [4.78, 5) is 5.33. The first kappa shape index (κ1) is 23.0. The van der Waals surface area contributed by atoms with Crippen LogP contribution in [0.2, 0.25) is 0 Å². The molecule has 2 heteroatoms. The lowest BCUT2D eigenvalue weighted by atomic mass is 9.90. The van der Waals surface area contributed by atoms with Crippen molar-refractivity contribution in [3.63, 3.8) is 0 Å². The van der Waals surface area contributed by atoms with Gasteiger partial charge in [0, 0.05) is 0 Å². The first-order valence-electron chi connectivity index (χ1n) is 12.0. The molecule has 0 aliphatic heterocycles. The van der Waals surface area contributed by atoms with Gasteiger partial charge in [-0.2, -0.15) is 0 Å². The second-order valence-corrected chi connectivity index (χ2v) is 10.6. The van der Waals surface area contributed by atoms with Gasteiger partial charge >= 0.3 is 0 Å². The van der Waals surface area contributed by atoms with Crippen molar-refractivity contribution in [3.8, 4) is 0 Å². The minimum Gasteiger partial charge on any atom is -0.439 e. The van der Waals surface area contributed by atoms with Crippen LogP contribution in [0.3, 0.4) is 0 Å². The minimum atomic E-state index is -0.212. The molecule has 2 nitrogen and oxygen atoms in total. The van der Waals surface area contributed by atoms with Gasteiger partial charge in [0.05, 0.1) is 0 Å². The smallest absolute Gasteiger partial charge is 0.0145 e. The second kappa shape index (κ2) is 9.02. The largest absolute Gasteiger partial charge is 0.439 e. The number of nitrogens with zero attached hydrogens (tertiary/aromatic N) is 2. The average Bonchev–Trinajstić information content (AvgIpc) is 2.77. The Morgan fingerprint density at radius 1 is 0.697 bits per heavy atom. The van der Waals surface area contributed by atoms with Crippen LogP contribution in [-0.4, -0.2) is 5.84 Å². The quantitative estimate of drug-likeness (QED) is 0.173. The summed E-state index contributed by atoms with van der Waals surface area (Å²) in [6, 6.07) is 25.9. The Kier molecular flexibility index (Phi) is 6.30. The molecular weight excluding hydrogens is 400 g/mol. The van der Waals surface area contributed by atoms with Crippen LogP contribution in [0, 0.1) is 5.41 Å². The summed E-state index contributed by atoms with van der Waals surface area (Å²) < 4.78 is 0. The lowest BCUT2D eigenvalue weighted by Gasteiger charge is -2.35. The maximum Gasteiger partial charge on any atom is -0.0145 e. The van der Waals surface area contributed by atoms with Crippen molar-refractivity contribution in [2.45, 2.75) is 60.3 Å². The van der Waals surface area contributed by atoms with Gasteiger partial charge in [-0.05, 0) is 67.4 Å². The number of amidine groups is 1. The molecule has 0 atom stereocenters. The van der Waals surface area contributed by atoms with Crippen LogP contribution in [-0.2, 0) is 0 Å². The summed E-state index contributed by atoms with van der Waals surface area (Å²) in [5, 5.41) is 10.1. The van der Waals surface area contributed by atoms with E-state index in [2.05, 4.69) is 121 Å². The Labute approximate surface area is 198 Å². The fourth-order valence-corrected chi connectivity index (χ4v) is 4.32. The molecule has 0 aromatic heterocycles. The van der Waals surface area contributed by atoms with Crippen LogP contribution in [0.4, 0.5) is 11.4 Å². The molecule has 0 spiro atoms. The fraction of sp³-hybridized carbons (Fsp3) is 0.323. The third-order valence-corrected chi connectivity index (χ3v) is 6.19. The minimum absolute atomic E-state index is 0.212. The lowest BCUT2D eigenvalue weighted by Crippen LogP contribution is -2.19. The maximum absolute atomic E-state index is 5.33. The molecule has 0 radical (unpaired) electrons. The molecule has 0 N–H and O–H groups in total. The summed E-state index contributed by atoms with van der Waals surface area (Å²) in [6.07, 6.45) is 0. The van der Waals surface area contributed by atoms with Crippen molar-refractivity contribution in [2.24, 2.45) is 10.4 Å². The normalized spacial score (nSPS) is 12.8. The predicted octanol–water partition coefficient (Wildman–Crippen LogP) is 10.0. The summed E-state index contributed by atoms with van der Waals surface area (Å²) in [5.74, 6) is 1.64. The van der Waals surface area contributed by atoms with Crippen molar-refractivity contribution in [2.75, 3.05) is 0 Å². The lowest BCUT2D eigenvalue weighted by molar-refractivity contribution is 0.592. The van der Waals surface area contributed by atoms with Gasteiger partial charge in [-0.3, -0.25) is 0 Å². The highest BCUT2D eigenvalue weighted by Gasteiger charge is 2.17. The van der Waals surface area contributed by atoms with Gasteiger partial charge in [-0.1, -0.05) is 121 Å². The third-order valence-electron chi connectivity index (χ3n) is 6.19. The Hall–Kier alpha value is -3.13. The maximum atomic E-state index is 5.33. The van der Waals surface area contributed by atoms with Crippen LogP contribution >= 0.6 is 0 Å². The summed E-state index contributed by atoms with van der Waals surface area (Å²) in [5.41, 5.74) is 4.43. The summed E-state index contributed by atoms with van der Waals surface area (Å²) >= 11 is 0. The van der Waals surface area contributed by atoms with E-state index in [-0.39, 0.29) is 5.41 Å².